The van der Waals surface area contributed by atoms with Crippen LogP contribution in [-0.4, -0.2) is 78.7 Å². The van der Waals surface area contributed by atoms with Gasteiger partial charge in [0.15, 0.2) is 11.6 Å². The van der Waals surface area contributed by atoms with E-state index >= 15 is 0 Å². The monoisotopic (exact) mass is 490 g/mol. The predicted octanol–water partition coefficient (Wildman–Crippen LogP) is 2.76. The fraction of sp³-hybridized carbons (Fsp3) is 0.407. The Morgan fingerprint density at radius 2 is 1.83 bits per heavy atom. The number of hydrogen-bond donors (Lipinski definition) is 3. The Labute approximate surface area is 211 Å². The molecule has 9 nitrogen and oxygen atoms in total. The molecule has 1 aromatic heterocycles. The molecular weight excluding hydrogens is 456 g/mol. The molecule has 0 radical (unpaired) electrons. The van der Waals surface area contributed by atoms with Gasteiger partial charge in [-0.1, -0.05) is 12.1 Å². The number of aromatic nitrogens is 2. The van der Waals surface area contributed by atoms with Crippen molar-refractivity contribution >= 4 is 11.5 Å². The van der Waals surface area contributed by atoms with Gasteiger partial charge in [0.05, 0.1) is 6.54 Å². The second-order valence-electron chi connectivity index (χ2n) is 9.26. The van der Waals surface area contributed by atoms with Crippen LogP contribution in [0.4, 0.5) is 11.5 Å². The lowest BCUT2D eigenvalue weighted by Gasteiger charge is -2.34. The van der Waals surface area contributed by atoms with Crippen molar-refractivity contribution in [2.24, 2.45) is 0 Å². The standard InChI is InChI=1S/C27H34N6O3/c28-27-26(18-24(30-31-27)23-5-1-2-6-25(23)34)36-22-4-3-13-33(19-22)20-7-9-21(10-8-20)35-17-16-32-14-11-29-12-15-32/h1-2,5-10,18,22,29,34H,3-4,11-17,19H2,(H2,28,31). The van der Waals surface area contributed by atoms with Gasteiger partial charge in [-0.05, 0) is 49.2 Å². The van der Waals surface area contributed by atoms with E-state index in [0.29, 0.717) is 23.6 Å². The number of aromatic hydroxyl groups is 1. The molecule has 0 saturated carbocycles. The molecule has 0 bridgehead atoms. The largest absolute Gasteiger partial charge is 0.507 e. The lowest BCUT2D eigenvalue weighted by Crippen LogP contribution is -2.44. The Balaban J connectivity index is 1.18. The summed E-state index contributed by atoms with van der Waals surface area (Å²) in [5.74, 6) is 1.77. The van der Waals surface area contributed by atoms with E-state index in [0.717, 1.165) is 70.1 Å². The van der Waals surface area contributed by atoms with Crippen molar-refractivity contribution in [3.8, 4) is 28.5 Å². The molecule has 2 aromatic carbocycles. The SMILES string of the molecule is Nc1nnc(-c2ccccc2O)cc1OC1CCCN(c2ccc(OCCN3CCNCC3)cc2)C1. The van der Waals surface area contributed by atoms with Crippen molar-refractivity contribution in [3.05, 3.63) is 54.6 Å². The molecule has 0 aliphatic carbocycles. The third-order valence-corrected chi connectivity index (χ3v) is 6.73. The minimum atomic E-state index is -0.0302. The number of phenolic OH excluding ortho intramolecular Hbond substituents is 1. The molecule has 0 amide bonds. The van der Waals surface area contributed by atoms with E-state index in [2.05, 4.69) is 37.4 Å². The van der Waals surface area contributed by atoms with Gasteiger partial charge in [-0.3, -0.25) is 4.90 Å². The Morgan fingerprint density at radius 3 is 2.64 bits per heavy atom. The summed E-state index contributed by atoms with van der Waals surface area (Å²) in [6.45, 7) is 7.63. The normalized spacial score (nSPS) is 18.7. The summed E-state index contributed by atoms with van der Waals surface area (Å²) in [7, 11) is 0. The summed E-state index contributed by atoms with van der Waals surface area (Å²) in [4.78, 5) is 4.75. The van der Waals surface area contributed by atoms with E-state index in [1.807, 2.05) is 18.2 Å². The first-order valence-electron chi connectivity index (χ1n) is 12.6. The van der Waals surface area contributed by atoms with E-state index in [9.17, 15) is 5.11 Å². The Hall–Kier alpha value is -3.56. The summed E-state index contributed by atoms with van der Waals surface area (Å²) < 4.78 is 12.3. The molecule has 2 aliphatic heterocycles. The molecule has 4 N–H and O–H groups in total. The van der Waals surface area contributed by atoms with Crippen LogP contribution in [0.25, 0.3) is 11.3 Å². The van der Waals surface area contributed by atoms with Crippen LogP contribution in [-0.2, 0) is 0 Å². The summed E-state index contributed by atoms with van der Waals surface area (Å²) in [5, 5.41) is 21.7. The van der Waals surface area contributed by atoms with Gasteiger partial charge in [0.2, 0.25) is 0 Å². The molecule has 2 aliphatic rings. The first kappa shape index (κ1) is 24.1. The average molecular weight is 491 g/mol. The van der Waals surface area contributed by atoms with Crippen LogP contribution in [0, 0.1) is 0 Å². The first-order chi connectivity index (χ1) is 17.7. The second kappa shape index (κ2) is 11.5. The third-order valence-electron chi connectivity index (χ3n) is 6.73. The van der Waals surface area contributed by atoms with E-state index in [-0.39, 0.29) is 17.7 Å². The number of hydrogen-bond acceptors (Lipinski definition) is 9. The number of benzene rings is 2. The summed E-state index contributed by atoms with van der Waals surface area (Å²) >= 11 is 0. The number of nitrogens with two attached hydrogens (primary N) is 1. The van der Waals surface area contributed by atoms with Gasteiger partial charge in [-0.2, -0.15) is 0 Å². The lowest BCUT2D eigenvalue weighted by atomic mass is 10.1. The summed E-state index contributed by atoms with van der Waals surface area (Å²) in [6.07, 6.45) is 1.91. The molecule has 1 unspecified atom stereocenters. The highest BCUT2D eigenvalue weighted by Gasteiger charge is 2.23. The quantitative estimate of drug-likeness (QED) is 0.439. The predicted molar refractivity (Wildman–Crippen MR) is 141 cm³/mol. The highest BCUT2D eigenvalue weighted by Crippen LogP contribution is 2.32. The molecule has 2 fully saturated rings. The van der Waals surface area contributed by atoms with Crippen molar-refractivity contribution in [2.75, 3.05) is 63.1 Å². The highest BCUT2D eigenvalue weighted by molar-refractivity contribution is 5.68. The maximum absolute atomic E-state index is 10.2. The van der Waals surface area contributed by atoms with Gasteiger partial charge in [-0.25, -0.2) is 0 Å². The van der Waals surface area contributed by atoms with Gasteiger partial charge in [0.1, 0.15) is 29.9 Å². The summed E-state index contributed by atoms with van der Waals surface area (Å²) in [5.41, 5.74) is 8.34. The van der Waals surface area contributed by atoms with Crippen molar-refractivity contribution in [3.63, 3.8) is 0 Å². The van der Waals surface area contributed by atoms with E-state index in [1.54, 1.807) is 24.3 Å². The molecule has 2 saturated heterocycles. The number of nitrogens with zero attached hydrogens (tertiary/aromatic N) is 4. The van der Waals surface area contributed by atoms with E-state index in [1.165, 1.54) is 0 Å². The van der Waals surface area contributed by atoms with Crippen molar-refractivity contribution in [2.45, 2.75) is 18.9 Å². The number of piperidine rings is 1. The number of rotatable bonds is 8. The van der Waals surface area contributed by atoms with Crippen LogP contribution in [0.15, 0.2) is 54.6 Å². The Bertz CT molecular complexity index is 1140. The van der Waals surface area contributed by atoms with E-state index < -0.39 is 0 Å². The third kappa shape index (κ3) is 5.98. The Kier molecular flexibility index (Phi) is 7.68. The molecule has 190 valence electrons. The van der Waals surface area contributed by atoms with Crippen LogP contribution < -0.4 is 25.4 Å². The second-order valence-corrected chi connectivity index (χ2v) is 9.26. The molecule has 3 aromatic rings. The maximum atomic E-state index is 10.2. The molecule has 3 heterocycles. The van der Waals surface area contributed by atoms with Crippen LogP contribution >= 0.6 is 0 Å². The van der Waals surface area contributed by atoms with Crippen LogP contribution in [0.3, 0.4) is 0 Å². The smallest absolute Gasteiger partial charge is 0.188 e. The number of anilines is 2. The van der Waals surface area contributed by atoms with Gasteiger partial charge in [0, 0.05) is 56.6 Å². The van der Waals surface area contributed by atoms with E-state index in [4.69, 9.17) is 15.2 Å². The maximum Gasteiger partial charge on any atom is 0.188 e. The average Bonchev–Trinajstić information content (AvgIpc) is 2.92. The van der Waals surface area contributed by atoms with Crippen LogP contribution in [0.2, 0.25) is 0 Å². The molecule has 0 spiro atoms. The summed E-state index contributed by atoms with van der Waals surface area (Å²) in [6, 6.07) is 17.1. The zero-order chi connectivity index (χ0) is 24.7. The zero-order valence-corrected chi connectivity index (χ0v) is 20.5. The topological polar surface area (TPSA) is 109 Å². The number of nitrogen functional groups attached to an aromatic ring is 1. The highest BCUT2D eigenvalue weighted by atomic mass is 16.5. The molecule has 1 atom stereocenters. The van der Waals surface area contributed by atoms with Gasteiger partial charge in [0.25, 0.3) is 0 Å². The first-order valence-corrected chi connectivity index (χ1v) is 12.6. The van der Waals surface area contributed by atoms with Crippen molar-refractivity contribution in [1.29, 1.82) is 0 Å². The Morgan fingerprint density at radius 1 is 1.03 bits per heavy atom. The van der Waals surface area contributed by atoms with Crippen molar-refractivity contribution < 1.29 is 14.6 Å². The lowest BCUT2D eigenvalue weighted by molar-refractivity contribution is 0.179. The van der Waals surface area contributed by atoms with Crippen molar-refractivity contribution in [1.82, 2.24) is 20.4 Å². The minimum absolute atomic E-state index is 0.0302. The van der Waals surface area contributed by atoms with Crippen LogP contribution in [0.1, 0.15) is 12.8 Å². The van der Waals surface area contributed by atoms with Gasteiger partial charge in [-0.15, -0.1) is 10.2 Å². The van der Waals surface area contributed by atoms with Crippen LogP contribution in [0.5, 0.6) is 17.2 Å². The minimum Gasteiger partial charge on any atom is -0.507 e. The molecular formula is C27H34N6O3. The number of phenols is 1. The zero-order valence-electron chi connectivity index (χ0n) is 20.5. The van der Waals surface area contributed by atoms with Gasteiger partial charge < -0.3 is 30.5 Å². The molecule has 9 heteroatoms. The number of ether oxygens (including phenoxy) is 2. The number of piperazine rings is 1. The van der Waals surface area contributed by atoms with Gasteiger partial charge >= 0.3 is 0 Å². The fourth-order valence-corrected chi connectivity index (χ4v) is 4.73. The molecule has 5 rings (SSSR count). The fourth-order valence-electron chi connectivity index (χ4n) is 4.73. The molecule has 36 heavy (non-hydrogen) atoms. The number of para-hydroxylation sites is 1. The number of nitrogens with one attached hydrogen (secondary N) is 1.